The van der Waals surface area contributed by atoms with Gasteiger partial charge in [0.05, 0.1) is 16.1 Å². The molecule has 0 aliphatic rings. The molecule has 0 unspecified atom stereocenters. The number of carbonyl (C=O) groups excluding carboxylic acids is 1. The van der Waals surface area contributed by atoms with Crippen LogP contribution in [0.3, 0.4) is 0 Å². The Labute approximate surface area is 123 Å². The smallest absolute Gasteiger partial charge is 0.339 e. The molecule has 0 atom stereocenters. The van der Waals surface area contributed by atoms with Gasteiger partial charge in [-0.15, -0.1) is 0 Å². The summed E-state index contributed by atoms with van der Waals surface area (Å²) in [5.41, 5.74) is 4.37. The summed E-state index contributed by atoms with van der Waals surface area (Å²) in [6, 6.07) is 4.52. The van der Waals surface area contributed by atoms with Gasteiger partial charge < -0.3 is 16.2 Å². The molecule has 1 rings (SSSR count). The zero-order valence-corrected chi connectivity index (χ0v) is 12.7. The molecule has 0 fully saturated rings. The Morgan fingerprint density at radius 2 is 1.80 bits per heavy atom. The molecule has 1 amide bonds. The van der Waals surface area contributed by atoms with E-state index in [9.17, 15) is 9.59 Å². The van der Waals surface area contributed by atoms with Gasteiger partial charge in [-0.3, -0.25) is 4.79 Å². The fourth-order valence-corrected chi connectivity index (χ4v) is 1.67. The molecule has 6 heteroatoms. The number of rotatable bonds is 4. The van der Waals surface area contributed by atoms with Crippen molar-refractivity contribution in [2.24, 2.45) is 11.1 Å². The van der Waals surface area contributed by atoms with Crippen LogP contribution in [0.2, 0.25) is 5.02 Å². The number of benzene rings is 1. The summed E-state index contributed by atoms with van der Waals surface area (Å²) < 4.78 is 0. The minimum atomic E-state index is -1.20. The predicted molar refractivity (Wildman–Crippen MR) is 79.1 cm³/mol. The van der Waals surface area contributed by atoms with Crippen LogP contribution in [0.4, 0.5) is 5.69 Å². The summed E-state index contributed by atoms with van der Waals surface area (Å²) in [5, 5.41) is 11.8. The molecular formula is C14H19ClN2O3. The molecule has 0 heterocycles. The molecule has 20 heavy (non-hydrogen) atoms. The van der Waals surface area contributed by atoms with Crippen molar-refractivity contribution in [3.05, 3.63) is 28.8 Å². The molecule has 0 aliphatic heterocycles. The van der Waals surface area contributed by atoms with Crippen LogP contribution in [0.25, 0.3) is 0 Å². The van der Waals surface area contributed by atoms with Gasteiger partial charge in [-0.05, 0) is 39.8 Å². The van der Waals surface area contributed by atoms with Gasteiger partial charge >= 0.3 is 5.97 Å². The van der Waals surface area contributed by atoms with Crippen LogP contribution < -0.4 is 11.1 Å². The second-order valence-electron chi connectivity index (χ2n) is 5.77. The van der Waals surface area contributed by atoms with Crippen molar-refractivity contribution in [3.63, 3.8) is 0 Å². The number of nitrogens with two attached hydrogens (primary N) is 1. The number of hydrogen-bond acceptors (Lipinski definition) is 3. The van der Waals surface area contributed by atoms with Crippen molar-refractivity contribution < 1.29 is 14.7 Å². The minimum absolute atomic E-state index is 0.0696. The van der Waals surface area contributed by atoms with Crippen molar-refractivity contribution in [1.29, 1.82) is 0 Å². The average Bonchev–Trinajstić information content (AvgIpc) is 2.26. The lowest BCUT2D eigenvalue weighted by Crippen LogP contribution is -2.53. The lowest BCUT2D eigenvalue weighted by molar-refractivity contribution is -0.126. The van der Waals surface area contributed by atoms with Crippen molar-refractivity contribution >= 4 is 29.2 Å². The minimum Gasteiger partial charge on any atom is -0.478 e. The number of carbonyl (C=O) groups is 2. The first-order valence-electron chi connectivity index (χ1n) is 6.10. The Kier molecular flexibility index (Phi) is 4.46. The van der Waals surface area contributed by atoms with E-state index in [1.807, 2.05) is 0 Å². The monoisotopic (exact) mass is 298 g/mol. The largest absolute Gasteiger partial charge is 0.478 e. The molecule has 1 aromatic carbocycles. The summed E-state index contributed by atoms with van der Waals surface area (Å²) >= 11 is 5.86. The van der Waals surface area contributed by atoms with Gasteiger partial charge in [0.15, 0.2) is 0 Å². The van der Waals surface area contributed by atoms with Gasteiger partial charge in [0.25, 0.3) is 0 Å². The van der Waals surface area contributed by atoms with Crippen molar-refractivity contribution in [2.45, 2.75) is 33.2 Å². The Bertz CT molecular complexity index is 548. The number of hydrogen-bond donors (Lipinski definition) is 3. The average molecular weight is 299 g/mol. The number of anilines is 1. The van der Waals surface area contributed by atoms with Gasteiger partial charge in [-0.1, -0.05) is 17.7 Å². The van der Waals surface area contributed by atoms with Crippen LogP contribution in [0.1, 0.15) is 38.1 Å². The van der Waals surface area contributed by atoms with Crippen LogP contribution in [0.5, 0.6) is 0 Å². The molecular weight excluding hydrogens is 280 g/mol. The first kappa shape index (κ1) is 16.5. The summed E-state index contributed by atoms with van der Waals surface area (Å²) in [7, 11) is 0. The molecule has 4 N–H and O–H groups in total. The van der Waals surface area contributed by atoms with Crippen molar-refractivity contribution in [2.75, 3.05) is 5.32 Å². The third-order valence-corrected chi connectivity index (χ3v) is 3.97. The highest BCUT2D eigenvalue weighted by Gasteiger charge is 2.40. The van der Waals surface area contributed by atoms with Gasteiger partial charge in [0.1, 0.15) is 5.56 Å². The van der Waals surface area contributed by atoms with Gasteiger partial charge in [0, 0.05) is 5.54 Å². The Morgan fingerprint density at radius 3 is 2.25 bits per heavy atom. The van der Waals surface area contributed by atoms with Crippen molar-refractivity contribution in [3.8, 4) is 0 Å². The van der Waals surface area contributed by atoms with E-state index in [-0.39, 0.29) is 22.2 Å². The number of halogens is 1. The van der Waals surface area contributed by atoms with E-state index in [0.29, 0.717) is 0 Å². The highest BCUT2D eigenvalue weighted by atomic mass is 35.5. The number of nitrogens with one attached hydrogen (secondary N) is 1. The van der Waals surface area contributed by atoms with E-state index in [2.05, 4.69) is 5.32 Å². The van der Waals surface area contributed by atoms with Crippen LogP contribution in [0, 0.1) is 5.41 Å². The Hall–Kier alpha value is -1.59. The second-order valence-corrected chi connectivity index (χ2v) is 6.18. The lowest BCUT2D eigenvalue weighted by atomic mass is 9.74. The first-order valence-corrected chi connectivity index (χ1v) is 6.48. The lowest BCUT2D eigenvalue weighted by Gasteiger charge is -2.37. The molecule has 1 aromatic rings. The highest BCUT2D eigenvalue weighted by Crippen LogP contribution is 2.31. The molecule has 0 aromatic heterocycles. The zero-order chi connectivity index (χ0) is 15.7. The van der Waals surface area contributed by atoms with E-state index in [0.717, 1.165) is 0 Å². The van der Waals surface area contributed by atoms with Crippen LogP contribution in [0.15, 0.2) is 18.2 Å². The topological polar surface area (TPSA) is 92.4 Å². The molecule has 0 saturated carbocycles. The summed E-state index contributed by atoms with van der Waals surface area (Å²) in [4.78, 5) is 23.6. The predicted octanol–water partition coefficient (Wildman–Crippen LogP) is 2.74. The summed E-state index contributed by atoms with van der Waals surface area (Å²) in [5.74, 6) is -1.56. The molecule has 0 saturated heterocycles. The van der Waals surface area contributed by atoms with Crippen LogP contribution in [-0.2, 0) is 4.79 Å². The second kappa shape index (κ2) is 5.42. The normalized spacial score (nSPS) is 12.1. The zero-order valence-electron chi connectivity index (χ0n) is 12.0. The molecule has 0 radical (unpaired) electrons. The van der Waals surface area contributed by atoms with Gasteiger partial charge in [0.2, 0.25) is 5.91 Å². The van der Waals surface area contributed by atoms with E-state index >= 15 is 0 Å². The fraction of sp³-hybridized carbons (Fsp3) is 0.429. The quantitative estimate of drug-likeness (QED) is 0.797. The summed E-state index contributed by atoms with van der Waals surface area (Å²) in [6.45, 7) is 6.88. The number of carboxylic acid groups (broad SMARTS) is 1. The van der Waals surface area contributed by atoms with Crippen LogP contribution in [-0.4, -0.2) is 22.5 Å². The van der Waals surface area contributed by atoms with Crippen LogP contribution >= 0.6 is 11.6 Å². The van der Waals surface area contributed by atoms with Crippen molar-refractivity contribution in [1.82, 2.24) is 0 Å². The molecule has 5 nitrogen and oxygen atoms in total. The maximum atomic E-state index is 12.3. The number of aromatic carboxylic acids is 1. The van der Waals surface area contributed by atoms with E-state index in [1.165, 1.54) is 12.1 Å². The maximum Gasteiger partial charge on any atom is 0.339 e. The Morgan fingerprint density at radius 1 is 1.25 bits per heavy atom. The van der Waals surface area contributed by atoms with E-state index in [4.69, 9.17) is 22.4 Å². The number of carboxylic acids is 1. The van der Waals surface area contributed by atoms with E-state index in [1.54, 1.807) is 33.8 Å². The third-order valence-electron chi connectivity index (χ3n) is 3.65. The molecule has 0 spiro atoms. The maximum absolute atomic E-state index is 12.3. The Balaban J connectivity index is 3.16. The molecule has 0 aliphatic carbocycles. The van der Waals surface area contributed by atoms with Gasteiger partial charge in [-0.25, -0.2) is 4.79 Å². The first-order chi connectivity index (χ1) is 8.98. The standard InChI is InChI=1S/C14H19ClN2O3/c1-13(2,14(3,4)16)12(20)17-9-7-5-6-8(15)10(9)11(18)19/h5-7H,16H2,1-4H3,(H,17,20)(H,18,19). The highest BCUT2D eigenvalue weighted by molar-refractivity contribution is 6.34. The van der Waals surface area contributed by atoms with Gasteiger partial charge in [-0.2, -0.15) is 0 Å². The SMILES string of the molecule is CC(C)(N)C(C)(C)C(=O)Nc1cccc(Cl)c1C(=O)O. The molecule has 0 bridgehead atoms. The van der Waals surface area contributed by atoms with E-state index < -0.39 is 16.9 Å². The third kappa shape index (κ3) is 3.11. The molecule has 110 valence electrons. The summed E-state index contributed by atoms with van der Waals surface area (Å²) in [6.07, 6.45) is 0. The number of amides is 1. The fourth-order valence-electron chi connectivity index (χ4n) is 1.42.